The summed E-state index contributed by atoms with van der Waals surface area (Å²) in [7, 11) is 4.06. The average Bonchev–Trinajstić information content (AvgIpc) is 2.32. The zero-order valence-electron chi connectivity index (χ0n) is 10.9. The summed E-state index contributed by atoms with van der Waals surface area (Å²) in [4.78, 5) is 8.42. The van der Waals surface area contributed by atoms with Crippen LogP contribution in [0.5, 0.6) is 0 Å². The number of anilines is 1. The van der Waals surface area contributed by atoms with Gasteiger partial charge in [0.15, 0.2) is 11.6 Å². The van der Waals surface area contributed by atoms with Gasteiger partial charge in [0.1, 0.15) is 0 Å². The molecule has 0 spiro atoms. The normalized spacial score (nSPS) is 18.0. The molecule has 1 saturated heterocycles. The van der Waals surface area contributed by atoms with E-state index in [0.29, 0.717) is 16.2 Å². The van der Waals surface area contributed by atoms with Gasteiger partial charge >= 0.3 is 0 Å². The molecular formula is C13H19BrFN3. The molecule has 1 aromatic heterocycles. The van der Waals surface area contributed by atoms with Crippen LogP contribution in [0.25, 0.3) is 0 Å². The lowest BCUT2D eigenvalue weighted by Gasteiger charge is -2.32. The Kier molecular flexibility index (Phi) is 4.56. The molecule has 3 nitrogen and oxygen atoms in total. The number of pyridine rings is 1. The summed E-state index contributed by atoms with van der Waals surface area (Å²) < 4.78 is 14.5. The van der Waals surface area contributed by atoms with E-state index in [1.54, 1.807) is 6.20 Å². The van der Waals surface area contributed by atoms with Gasteiger partial charge in [0.2, 0.25) is 0 Å². The van der Waals surface area contributed by atoms with Gasteiger partial charge in [-0.1, -0.05) is 0 Å². The zero-order valence-corrected chi connectivity index (χ0v) is 12.5. The summed E-state index contributed by atoms with van der Waals surface area (Å²) in [5.41, 5.74) is 0. The van der Waals surface area contributed by atoms with Gasteiger partial charge in [0, 0.05) is 24.3 Å². The molecule has 0 unspecified atom stereocenters. The number of rotatable bonds is 3. The van der Waals surface area contributed by atoms with E-state index in [1.165, 1.54) is 18.9 Å². The van der Waals surface area contributed by atoms with Crippen molar-refractivity contribution in [3.05, 3.63) is 22.6 Å². The molecular weight excluding hydrogens is 297 g/mol. The molecule has 0 saturated carbocycles. The van der Waals surface area contributed by atoms with Crippen LogP contribution in [0.15, 0.2) is 16.7 Å². The Balaban J connectivity index is 1.97. The summed E-state index contributed by atoms with van der Waals surface area (Å²) in [6.45, 7) is 3.14. The van der Waals surface area contributed by atoms with Gasteiger partial charge in [-0.25, -0.2) is 9.37 Å². The second-order valence-corrected chi connectivity index (χ2v) is 6.00. The molecule has 5 heteroatoms. The molecule has 1 aliphatic rings. The Labute approximate surface area is 116 Å². The van der Waals surface area contributed by atoms with Crippen molar-refractivity contribution in [3.63, 3.8) is 0 Å². The lowest BCUT2D eigenvalue weighted by atomic mass is 9.97. The third-order valence-corrected chi connectivity index (χ3v) is 3.95. The Morgan fingerprint density at radius 3 is 2.78 bits per heavy atom. The molecule has 0 aromatic carbocycles. The van der Waals surface area contributed by atoms with Crippen LogP contribution in [0.4, 0.5) is 10.2 Å². The predicted octanol–water partition coefficient (Wildman–Crippen LogP) is 2.76. The van der Waals surface area contributed by atoms with Crippen molar-refractivity contribution in [2.75, 3.05) is 38.6 Å². The lowest BCUT2D eigenvalue weighted by molar-refractivity contribution is 0.222. The van der Waals surface area contributed by atoms with Gasteiger partial charge in [-0.2, -0.15) is 0 Å². The van der Waals surface area contributed by atoms with Gasteiger partial charge in [-0.15, -0.1) is 0 Å². The Bertz CT molecular complexity index is 405. The van der Waals surface area contributed by atoms with Crippen LogP contribution in [-0.2, 0) is 0 Å². The van der Waals surface area contributed by atoms with E-state index in [-0.39, 0.29) is 5.82 Å². The highest BCUT2D eigenvalue weighted by Crippen LogP contribution is 2.22. The number of hydrogen-bond donors (Lipinski definition) is 0. The first kappa shape index (κ1) is 13.7. The van der Waals surface area contributed by atoms with Crippen LogP contribution in [0.1, 0.15) is 12.8 Å². The minimum atomic E-state index is -0.264. The summed E-state index contributed by atoms with van der Waals surface area (Å²) >= 11 is 3.22. The van der Waals surface area contributed by atoms with E-state index in [9.17, 15) is 4.39 Å². The van der Waals surface area contributed by atoms with Crippen LogP contribution in [0.3, 0.4) is 0 Å². The fraction of sp³-hybridized carbons (Fsp3) is 0.615. The van der Waals surface area contributed by atoms with E-state index < -0.39 is 0 Å². The van der Waals surface area contributed by atoms with Crippen LogP contribution in [0.2, 0.25) is 0 Å². The molecule has 0 bridgehead atoms. The lowest BCUT2D eigenvalue weighted by Crippen LogP contribution is -2.36. The van der Waals surface area contributed by atoms with Gasteiger partial charge in [0.25, 0.3) is 0 Å². The summed E-state index contributed by atoms with van der Waals surface area (Å²) in [6, 6.07) is 1.47. The second-order valence-electron chi connectivity index (χ2n) is 5.09. The molecule has 0 amide bonds. The zero-order chi connectivity index (χ0) is 13.1. The maximum Gasteiger partial charge on any atom is 0.166 e. The van der Waals surface area contributed by atoms with Crippen molar-refractivity contribution in [1.82, 2.24) is 9.88 Å². The highest BCUT2D eigenvalue weighted by Gasteiger charge is 2.20. The third-order valence-electron chi connectivity index (χ3n) is 3.52. The first-order chi connectivity index (χ1) is 8.56. The number of aromatic nitrogens is 1. The molecule has 1 fully saturated rings. The fourth-order valence-corrected chi connectivity index (χ4v) is 2.71. The summed E-state index contributed by atoms with van der Waals surface area (Å²) in [5.74, 6) is 0.813. The third kappa shape index (κ3) is 3.42. The first-order valence-electron chi connectivity index (χ1n) is 6.27. The maximum absolute atomic E-state index is 13.8. The smallest absolute Gasteiger partial charge is 0.166 e. The standard InChI is InChI=1S/C13H19BrFN3/c1-17-5-3-10(4-6-17)9-18(2)13-12(15)7-11(14)8-16-13/h7-8,10H,3-6,9H2,1-2H3. The molecule has 1 aliphatic heterocycles. The molecule has 1 aromatic rings. The van der Waals surface area contributed by atoms with Crippen molar-refractivity contribution in [1.29, 1.82) is 0 Å². The molecule has 0 radical (unpaired) electrons. The molecule has 100 valence electrons. The van der Waals surface area contributed by atoms with Crippen LogP contribution in [0, 0.1) is 11.7 Å². The number of piperidine rings is 1. The van der Waals surface area contributed by atoms with Crippen molar-refractivity contribution < 1.29 is 4.39 Å². The van der Waals surface area contributed by atoms with Crippen LogP contribution >= 0.6 is 15.9 Å². The SMILES string of the molecule is CN1CCC(CN(C)c2ncc(Br)cc2F)CC1. The molecule has 2 rings (SSSR count). The number of nitrogens with zero attached hydrogens (tertiary/aromatic N) is 3. The summed E-state index contributed by atoms with van der Waals surface area (Å²) in [5, 5.41) is 0. The molecule has 0 aliphatic carbocycles. The van der Waals surface area contributed by atoms with Gasteiger partial charge in [0.05, 0.1) is 0 Å². The van der Waals surface area contributed by atoms with Gasteiger partial charge < -0.3 is 9.80 Å². The highest BCUT2D eigenvalue weighted by molar-refractivity contribution is 9.10. The second kappa shape index (κ2) is 5.97. The van der Waals surface area contributed by atoms with Crippen molar-refractivity contribution in [2.45, 2.75) is 12.8 Å². The Morgan fingerprint density at radius 1 is 1.50 bits per heavy atom. The van der Waals surface area contributed by atoms with E-state index in [4.69, 9.17) is 0 Å². The van der Waals surface area contributed by atoms with E-state index in [0.717, 1.165) is 19.6 Å². The van der Waals surface area contributed by atoms with Gasteiger partial charge in [-0.05, 0) is 60.9 Å². The Hall–Kier alpha value is -0.680. The topological polar surface area (TPSA) is 19.4 Å². The van der Waals surface area contributed by atoms with E-state index in [2.05, 4.69) is 32.9 Å². The van der Waals surface area contributed by atoms with Crippen LogP contribution < -0.4 is 4.90 Å². The van der Waals surface area contributed by atoms with Crippen molar-refractivity contribution in [2.24, 2.45) is 5.92 Å². The minimum Gasteiger partial charge on any atom is -0.357 e. The monoisotopic (exact) mass is 315 g/mol. The molecule has 0 atom stereocenters. The molecule has 0 N–H and O–H groups in total. The average molecular weight is 316 g/mol. The van der Waals surface area contributed by atoms with Gasteiger partial charge in [-0.3, -0.25) is 0 Å². The quantitative estimate of drug-likeness (QED) is 0.855. The molecule has 2 heterocycles. The minimum absolute atomic E-state index is 0.264. The number of halogens is 2. The maximum atomic E-state index is 13.8. The Morgan fingerprint density at radius 2 is 2.17 bits per heavy atom. The van der Waals surface area contributed by atoms with Crippen molar-refractivity contribution in [3.8, 4) is 0 Å². The number of hydrogen-bond acceptors (Lipinski definition) is 3. The van der Waals surface area contributed by atoms with E-state index >= 15 is 0 Å². The largest absolute Gasteiger partial charge is 0.357 e. The summed E-state index contributed by atoms with van der Waals surface area (Å²) in [6.07, 6.45) is 4.00. The van der Waals surface area contributed by atoms with Crippen LogP contribution in [-0.4, -0.2) is 43.6 Å². The first-order valence-corrected chi connectivity index (χ1v) is 7.06. The van der Waals surface area contributed by atoms with E-state index in [1.807, 2.05) is 11.9 Å². The fourth-order valence-electron chi connectivity index (χ4n) is 2.41. The molecule has 18 heavy (non-hydrogen) atoms. The number of likely N-dealkylation sites (tertiary alicyclic amines) is 1. The van der Waals surface area contributed by atoms with Crippen molar-refractivity contribution >= 4 is 21.7 Å². The predicted molar refractivity (Wildman–Crippen MR) is 75.4 cm³/mol. The highest BCUT2D eigenvalue weighted by atomic mass is 79.9.